The Labute approximate surface area is 99.8 Å². The molecule has 0 aromatic rings. The number of aliphatic hydroxyl groups is 1. The van der Waals surface area contributed by atoms with Gasteiger partial charge in [0, 0.05) is 26.1 Å². The molecule has 4 nitrogen and oxygen atoms in total. The van der Waals surface area contributed by atoms with E-state index in [0.29, 0.717) is 18.4 Å². The molecular weight excluding hydrogens is 204 g/mol. The Hall–Kier alpha value is -0.160. The molecule has 98 valence electrons. The van der Waals surface area contributed by atoms with Crippen LogP contribution in [0.4, 0.5) is 0 Å². The molecule has 0 aliphatic rings. The van der Waals surface area contributed by atoms with E-state index in [-0.39, 0.29) is 5.60 Å². The predicted octanol–water partition coefficient (Wildman–Crippen LogP) is 0.811. The summed E-state index contributed by atoms with van der Waals surface area (Å²) in [6.07, 6.45) is -0.501. The van der Waals surface area contributed by atoms with Gasteiger partial charge in [0.1, 0.15) is 6.23 Å². The molecule has 0 aliphatic heterocycles. The summed E-state index contributed by atoms with van der Waals surface area (Å²) in [4.78, 5) is 0. The molecule has 4 heteroatoms. The Bertz CT molecular complexity index is 184. The molecule has 0 fully saturated rings. The highest BCUT2D eigenvalue weighted by Crippen LogP contribution is 2.26. The van der Waals surface area contributed by atoms with Crippen LogP contribution in [0.3, 0.4) is 0 Å². The van der Waals surface area contributed by atoms with Crippen LogP contribution in [0, 0.1) is 11.8 Å². The molecule has 0 saturated carbocycles. The van der Waals surface area contributed by atoms with Crippen molar-refractivity contribution in [2.24, 2.45) is 11.8 Å². The summed E-state index contributed by atoms with van der Waals surface area (Å²) < 4.78 is 5.52. The lowest BCUT2D eigenvalue weighted by molar-refractivity contribution is -0.0473. The molecule has 0 aromatic carbocycles. The number of hydrogen-bond acceptors (Lipinski definition) is 4. The van der Waals surface area contributed by atoms with Gasteiger partial charge < -0.3 is 15.2 Å². The minimum Gasteiger partial charge on any atom is -0.378 e. The molecule has 2 unspecified atom stereocenters. The van der Waals surface area contributed by atoms with Crippen LogP contribution in [0.25, 0.3) is 0 Å². The topological polar surface area (TPSA) is 53.5 Å². The molecule has 0 aromatic heterocycles. The zero-order chi connectivity index (χ0) is 12.8. The van der Waals surface area contributed by atoms with Crippen molar-refractivity contribution >= 4 is 0 Å². The van der Waals surface area contributed by atoms with Gasteiger partial charge >= 0.3 is 0 Å². The number of hydrogen-bond donors (Lipinski definition) is 3. The summed E-state index contributed by atoms with van der Waals surface area (Å²) in [5.41, 5.74) is -0.180. The van der Waals surface area contributed by atoms with Gasteiger partial charge in [0.2, 0.25) is 0 Å². The molecule has 16 heavy (non-hydrogen) atoms. The van der Waals surface area contributed by atoms with Crippen molar-refractivity contribution < 1.29 is 9.84 Å². The van der Waals surface area contributed by atoms with E-state index in [9.17, 15) is 5.11 Å². The van der Waals surface area contributed by atoms with Crippen LogP contribution >= 0.6 is 0 Å². The fraction of sp³-hybridized carbons (Fsp3) is 1.00. The van der Waals surface area contributed by atoms with Crippen molar-refractivity contribution in [3.05, 3.63) is 0 Å². The van der Waals surface area contributed by atoms with Crippen molar-refractivity contribution in [3.8, 4) is 0 Å². The molecule has 0 bridgehead atoms. The highest BCUT2D eigenvalue weighted by Gasteiger charge is 2.31. The fourth-order valence-corrected chi connectivity index (χ4v) is 1.96. The summed E-state index contributed by atoms with van der Waals surface area (Å²) >= 11 is 0. The van der Waals surface area contributed by atoms with Crippen molar-refractivity contribution in [1.29, 1.82) is 0 Å². The van der Waals surface area contributed by atoms with E-state index >= 15 is 0 Å². The van der Waals surface area contributed by atoms with Crippen molar-refractivity contribution in [2.75, 3.05) is 27.2 Å². The second-order valence-electron chi connectivity index (χ2n) is 5.14. The summed E-state index contributed by atoms with van der Waals surface area (Å²) in [6, 6.07) is 0. The first-order valence-electron chi connectivity index (χ1n) is 5.96. The Morgan fingerprint density at radius 3 is 2.19 bits per heavy atom. The first-order valence-corrected chi connectivity index (χ1v) is 5.96. The minimum atomic E-state index is -0.501. The van der Waals surface area contributed by atoms with E-state index in [1.165, 1.54) is 0 Å². The van der Waals surface area contributed by atoms with Crippen LogP contribution in [-0.2, 0) is 4.74 Å². The molecule has 0 spiro atoms. The highest BCUT2D eigenvalue weighted by atomic mass is 16.5. The molecule has 0 saturated heterocycles. The first-order chi connectivity index (χ1) is 7.35. The van der Waals surface area contributed by atoms with Crippen LogP contribution in [0.15, 0.2) is 0 Å². The summed E-state index contributed by atoms with van der Waals surface area (Å²) in [6.45, 7) is 9.84. The van der Waals surface area contributed by atoms with Gasteiger partial charge in [-0.25, -0.2) is 0 Å². The SMILES string of the molecule is CNCC(O)NCC(C(C)C)C(C)(C)OC. The molecule has 0 heterocycles. The smallest absolute Gasteiger partial charge is 0.117 e. The van der Waals surface area contributed by atoms with Gasteiger partial charge in [-0.1, -0.05) is 13.8 Å². The number of ether oxygens (including phenoxy) is 1. The van der Waals surface area contributed by atoms with Crippen LogP contribution in [0.5, 0.6) is 0 Å². The van der Waals surface area contributed by atoms with Gasteiger partial charge in [-0.05, 0) is 26.8 Å². The largest absolute Gasteiger partial charge is 0.378 e. The van der Waals surface area contributed by atoms with Gasteiger partial charge in [0.05, 0.1) is 5.60 Å². The lowest BCUT2D eigenvalue weighted by Crippen LogP contribution is -2.47. The fourth-order valence-electron chi connectivity index (χ4n) is 1.96. The quantitative estimate of drug-likeness (QED) is 0.542. The Balaban J connectivity index is 4.25. The van der Waals surface area contributed by atoms with E-state index in [1.54, 1.807) is 7.11 Å². The second-order valence-corrected chi connectivity index (χ2v) is 5.14. The molecular formula is C12H28N2O2. The standard InChI is InChI=1S/C12H28N2O2/c1-9(2)10(12(3,4)16-6)7-14-11(15)8-13-5/h9-11,13-15H,7-8H2,1-6H3. The van der Waals surface area contributed by atoms with Gasteiger partial charge in [-0.3, -0.25) is 5.32 Å². The van der Waals surface area contributed by atoms with E-state index in [2.05, 4.69) is 38.3 Å². The van der Waals surface area contributed by atoms with E-state index in [4.69, 9.17) is 4.74 Å². The summed E-state index contributed by atoms with van der Waals surface area (Å²) in [7, 11) is 3.56. The molecule has 0 radical (unpaired) electrons. The number of aliphatic hydroxyl groups excluding tert-OH is 1. The molecule has 0 amide bonds. The third-order valence-electron chi connectivity index (χ3n) is 3.19. The van der Waals surface area contributed by atoms with E-state index in [1.807, 2.05) is 7.05 Å². The second kappa shape index (κ2) is 7.22. The van der Waals surface area contributed by atoms with Crippen LogP contribution < -0.4 is 10.6 Å². The van der Waals surface area contributed by atoms with Crippen molar-refractivity contribution in [3.63, 3.8) is 0 Å². The zero-order valence-electron chi connectivity index (χ0n) is 11.5. The maximum Gasteiger partial charge on any atom is 0.117 e. The van der Waals surface area contributed by atoms with E-state index in [0.717, 1.165) is 6.54 Å². The molecule has 0 aliphatic carbocycles. The number of methoxy groups -OCH3 is 1. The van der Waals surface area contributed by atoms with Gasteiger partial charge in [-0.2, -0.15) is 0 Å². The maximum absolute atomic E-state index is 9.60. The van der Waals surface area contributed by atoms with Gasteiger partial charge in [-0.15, -0.1) is 0 Å². The van der Waals surface area contributed by atoms with Gasteiger partial charge in [0.15, 0.2) is 0 Å². The lowest BCUT2D eigenvalue weighted by Gasteiger charge is -2.36. The lowest BCUT2D eigenvalue weighted by atomic mass is 9.81. The van der Waals surface area contributed by atoms with Crippen LogP contribution in [-0.4, -0.2) is 44.2 Å². The average Bonchev–Trinajstić information content (AvgIpc) is 2.17. The monoisotopic (exact) mass is 232 g/mol. The van der Waals surface area contributed by atoms with Crippen LogP contribution in [0.1, 0.15) is 27.7 Å². The Morgan fingerprint density at radius 2 is 1.81 bits per heavy atom. The first kappa shape index (κ1) is 15.8. The molecule has 2 atom stereocenters. The third-order valence-corrected chi connectivity index (χ3v) is 3.19. The average molecular weight is 232 g/mol. The van der Waals surface area contributed by atoms with Crippen molar-refractivity contribution in [2.45, 2.75) is 39.5 Å². The number of rotatable bonds is 8. The third kappa shape index (κ3) is 5.25. The van der Waals surface area contributed by atoms with Crippen molar-refractivity contribution in [1.82, 2.24) is 10.6 Å². The minimum absolute atomic E-state index is 0.180. The Kier molecular flexibility index (Phi) is 7.15. The highest BCUT2D eigenvalue weighted by molar-refractivity contribution is 4.83. The predicted molar refractivity (Wildman–Crippen MR) is 67.4 cm³/mol. The number of nitrogens with one attached hydrogen (secondary N) is 2. The Morgan fingerprint density at radius 1 is 1.25 bits per heavy atom. The summed E-state index contributed by atoms with van der Waals surface area (Å²) in [5, 5.41) is 15.7. The number of likely N-dealkylation sites (N-methyl/N-ethyl adjacent to an activating group) is 1. The molecule has 3 N–H and O–H groups in total. The zero-order valence-corrected chi connectivity index (χ0v) is 11.5. The van der Waals surface area contributed by atoms with Crippen LogP contribution in [0.2, 0.25) is 0 Å². The van der Waals surface area contributed by atoms with Gasteiger partial charge in [0.25, 0.3) is 0 Å². The summed E-state index contributed by atoms with van der Waals surface area (Å²) in [5.74, 6) is 0.869. The molecule has 0 rings (SSSR count). The maximum atomic E-state index is 9.60. The normalized spacial score (nSPS) is 16.5. The van der Waals surface area contributed by atoms with E-state index < -0.39 is 6.23 Å².